The molecule has 9 nitrogen and oxygen atoms in total. The predicted octanol–water partition coefficient (Wildman–Crippen LogP) is -1.68. The Bertz CT molecular complexity index is 551. The summed E-state index contributed by atoms with van der Waals surface area (Å²) in [5.41, 5.74) is -0.0436. The fourth-order valence-electron chi connectivity index (χ4n) is 2.04. The molecule has 20 heavy (non-hydrogen) atoms. The second-order valence-corrected chi connectivity index (χ2v) is 4.37. The zero-order valence-electron chi connectivity index (χ0n) is 10.6. The number of imidazole rings is 1. The fraction of sp³-hybridized carbons (Fsp3) is 0.545. The highest BCUT2D eigenvalue weighted by atomic mass is 16.6. The van der Waals surface area contributed by atoms with E-state index in [0.717, 1.165) is 0 Å². The van der Waals surface area contributed by atoms with Crippen LogP contribution in [0.2, 0.25) is 0 Å². The van der Waals surface area contributed by atoms with Gasteiger partial charge in [0, 0.05) is 6.92 Å². The molecule has 0 bridgehead atoms. The van der Waals surface area contributed by atoms with Gasteiger partial charge in [0.25, 0.3) is 0 Å². The predicted molar refractivity (Wildman–Crippen MR) is 64.3 cm³/mol. The standard InChI is InChI=1S/C11H14N4O5/c1-5(17)14-10-6(2-12)13-4-15(10)11-9(19)8(18)7(3-16)20-11/h4,7-9,11,16,18-19H,3H2,1H3,(H,14,17)/t7-,8+,9+,11+/m0/s1. The van der Waals surface area contributed by atoms with Crippen molar-refractivity contribution in [3.05, 3.63) is 12.0 Å². The zero-order valence-corrected chi connectivity index (χ0v) is 10.6. The summed E-state index contributed by atoms with van der Waals surface area (Å²) in [5, 5.41) is 40.0. The van der Waals surface area contributed by atoms with Crippen molar-refractivity contribution in [1.82, 2.24) is 9.55 Å². The van der Waals surface area contributed by atoms with Gasteiger partial charge < -0.3 is 25.4 Å². The number of nitriles is 1. The Kier molecular flexibility index (Phi) is 4.01. The third-order valence-corrected chi connectivity index (χ3v) is 2.99. The number of hydrogen-bond donors (Lipinski definition) is 4. The Morgan fingerprint density at radius 1 is 1.60 bits per heavy atom. The normalized spacial score (nSPS) is 29.1. The molecule has 1 aromatic rings. The maximum absolute atomic E-state index is 11.2. The summed E-state index contributed by atoms with van der Waals surface area (Å²) in [6.07, 6.45) is -3.39. The molecule has 0 spiro atoms. The van der Waals surface area contributed by atoms with Gasteiger partial charge in [-0.1, -0.05) is 0 Å². The number of aliphatic hydroxyl groups is 3. The molecule has 0 aliphatic carbocycles. The Hall–Kier alpha value is -1.99. The van der Waals surface area contributed by atoms with E-state index in [0.29, 0.717) is 0 Å². The second-order valence-electron chi connectivity index (χ2n) is 4.37. The molecule has 1 aliphatic rings. The zero-order chi connectivity index (χ0) is 14.9. The highest BCUT2D eigenvalue weighted by Gasteiger charge is 2.44. The average molecular weight is 282 g/mol. The first-order valence-corrected chi connectivity index (χ1v) is 5.86. The molecule has 1 aromatic heterocycles. The first-order chi connectivity index (χ1) is 9.49. The van der Waals surface area contributed by atoms with Crippen molar-refractivity contribution in [2.45, 2.75) is 31.5 Å². The van der Waals surface area contributed by atoms with Crippen molar-refractivity contribution in [3.8, 4) is 6.07 Å². The number of nitrogens with one attached hydrogen (secondary N) is 1. The number of ether oxygens (including phenoxy) is 1. The third-order valence-electron chi connectivity index (χ3n) is 2.99. The van der Waals surface area contributed by atoms with E-state index in [2.05, 4.69) is 10.3 Å². The molecule has 4 atom stereocenters. The van der Waals surface area contributed by atoms with Crippen molar-refractivity contribution < 1.29 is 24.9 Å². The molecule has 4 N–H and O–H groups in total. The molecule has 0 radical (unpaired) electrons. The van der Waals surface area contributed by atoms with Gasteiger partial charge in [-0.3, -0.25) is 9.36 Å². The topological polar surface area (TPSA) is 141 Å². The van der Waals surface area contributed by atoms with Gasteiger partial charge >= 0.3 is 0 Å². The van der Waals surface area contributed by atoms with E-state index < -0.39 is 37.1 Å². The minimum Gasteiger partial charge on any atom is -0.394 e. The molecule has 0 aromatic carbocycles. The van der Waals surface area contributed by atoms with Crippen molar-refractivity contribution in [1.29, 1.82) is 5.26 Å². The highest BCUT2D eigenvalue weighted by Crippen LogP contribution is 2.32. The van der Waals surface area contributed by atoms with E-state index in [1.807, 2.05) is 0 Å². The molecular formula is C11H14N4O5. The number of carbonyl (C=O) groups excluding carboxylic acids is 1. The molecule has 1 aliphatic heterocycles. The SMILES string of the molecule is CC(=O)Nc1c(C#N)ncn1[C@@H]1O[C@@H](CO)[C@@H](O)[C@H]1O. The lowest BCUT2D eigenvalue weighted by Crippen LogP contribution is -2.33. The smallest absolute Gasteiger partial charge is 0.222 e. The number of nitrogens with zero attached hydrogens (tertiary/aromatic N) is 3. The molecule has 2 rings (SSSR count). The molecule has 9 heteroatoms. The summed E-state index contributed by atoms with van der Waals surface area (Å²) in [6, 6.07) is 1.80. The van der Waals surface area contributed by atoms with Gasteiger partial charge in [0.2, 0.25) is 5.91 Å². The Balaban J connectivity index is 2.36. The summed E-state index contributed by atoms with van der Waals surface area (Å²) in [5.74, 6) is -0.357. The first kappa shape index (κ1) is 14.4. The van der Waals surface area contributed by atoms with E-state index >= 15 is 0 Å². The van der Waals surface area contributed by atoms with E-state index in [1.54, 1.807) is 6.07 Å². The number of hydrogen-bond acceptors (Lipinski definition) is 7. The highest BCUT2D eigenvalue weighted by molar-refractivity contribution is 5.88. The number of anilines is 1. The Morgan fingerprint density at radius 3 is 2.80 bits per heavy atom. The van der Waals surface area contributed by atoms with E-state index in [9.17, 15) is 15.0 Å². The number of rotatable bonds is 3. The molecule has 1 amide bonds. The van der Waals surface area contributed by atoms with Gasteiger partial charge in [0.15, 0.2) is 17.7 Å². The van der Waals surface area contributed by atoms with Gasteiger partial charge in [-0.2, -0.15) is 5.26 Å². The van der Waals surface area contributed by atoms with Crippen LogP contribution >= 0.6 is 0 Å². The lowest BCUT2D eigenvalue weighted by molar-refractivity contribution is -0.114. The van der Waals surface area contributed by atoms with Crippen LogP contribution < -0.4 is 5.32 Å². The number of carbonyl (C=O) groups is 1. The summed E-state index contributed by atoms with van der Waals surface area (Å²) in [4.78, 5) is 15.0. The molecule has 0 saturated carbocycles. The van der Waals surface area contributed by atoms with Crippen LogP contribution in [0.1, 0.15) is 18.8 Å². The maximum Gasteiger partial charge on any atom is 0.222 e. The largest absolute Gasteiger partial charge is 0.394 e. The summed E-state index contributed by atoms with van der Waals surface area (Å²) < 4.78 is 6.55. The average Bonchev–Trinajstić information content (AvgIpc) is 2.92. The van der Waals surface area contributed by atoms with E-state index in [4.69, 9.17) is 15.1 Å². The fourth-order valence-corrected chi connectivity index (χ4v) is 2.04. The van der Waals surface area contributed by atoms with Crippen LogP contribution in [0.4, 0.5) is 5.82 Å². The van der Waals surface area contributed by atoms with Crippen LogP contribution in [-0.4, -0.2) is 55.7 Å². The Morgan fingerprint density at radius 2 is 2.30 bits per heavy atom. The maximum atomic E-state index is 11.2. The van der Waals surface area contributed by atoms with Crippen molar-refractivity contribution in [3.63, 3.8) is 0 Å². The lowest BCUT2D eigenvalue weighted by atomic mass is 10.1. The summed E-state index contributed by atoms with van der Waals surface area (Å²) >= 11 is 0. The molecule has 2 heterocycles. The summed E-state index contributed by atoms with van der Waals surface area (Å²) in [6.45, 7) is 0.791. The van der Waals surface area contributed by atoms with Crippen LogP contribution in [0.25, 0.3) is 0 Å². The first-order valence-electron chi connectivity index (χ1n) is 5.86. The lowest BCUT2D eigenvalue weighted by Gasteiger charge is -2.18. The molecular weight excluding hydrogens is 268 g/mol. The molecule has 1 fully saturated rings. The number of aliphatic hydroxyl groups excluding tert-OH is 3. The van der Waals surface area contributed by atoms with Crippen LogP contribution in [0.15, 0.2) is 6.33 Å². The molecule has 1 saturated heterocycles. The van der Waals surface area contributed by atoms with Gasteiger partial charge in [-0.05, 0) is 0 Å². The van der Waals surface area contributed by atoms with Crippen LogP contribution in [0.3, 0.4) is 0 Å². The van der Waals surface area contributed by atoms with Gasteiger partial charge in [-0.15, -0.1) is 0 Å². The monoisotopic (exact) mass is 282 g/mol. The Labute approximate surface area is 114 Å². The van der Waals surface area contributed by atoms with Gasteiger partial charge in [0.1, 0.15) is 30.7 Å². The number of aromatic nitrogens is 2. The van der Waals surface area contributed by atoms with Crippen molar-refractivity contribution >= 4 is 11.7 Å². The quantitative estimate of drug-likeness (QED) is 0.519. The van der Waals surface area contributed by atoms with Crippen LogP contribution in [0, 0.1) is 11.3 Å². The summed E-state index contributed by atoms with van der Waals surface area (Å²) in [7, 11) is 0. The minimum atomic E-state index is -1.32. The van der Waals surface area contributed by atoms with E-state index in [-0.39, 0.29) is 11.5 Å². The van der Waals surface area contributed by atoms with Gasteiger partial charge in [-0.25, -0.2) is 4.98 Å². The van der Waals surface area contributed by atoms with Crippen LogP contribution in [-0.2, 0) is 9.53 Å². The van der Waals surface area contributed by atoms with Crippen molar-refractivity contribution in [2.75, 3.05) is 11.9 Å². The number of amides is 1. The third kappa shape index (κ3) is 2.37. The van der Waals surface area contributed by atoms with Gasteiger partial charge in [0.05, 0.1) is 6.61 Å². The molecule has 0 unspecified atom stereocenters. The minimum absolute atomic E-state index is 0.0436. The van der Waals surface area contributed by atoms with Crippen molar-refractivity contribution in [2.24, 2.45) is 0 Å². The second kappa shape index (κ2) is 5.56. The van der Waals surface area contributed by atoms with Crippen LogP contribution in [0.5, 0.6) is 0 Å². The van der Waals surface area contributed by atoms with E-state index in [1.165, 1.54) is 17.8 Å². The molecule has 108 valence electrons.